The van der Waals surface area contributed by atoms with Gasteiger partial charge in [-0.25, -0.2) is 4.79 Å². The molecule has 112 valence electrons. The van der Waals surface area contributed by atoms with Gasteiger partial charge < -0.3 is 19.6 Å². The molecule has 5 heteroatoms. The van der Waals surface area contributed by atoms with Gasteiger partial charge in [-0.1, -0.05) is 6.07 Å². The van der Waals surface area contributed by atoms with Gasteiger partial charge in [0.15, 0.2) is 0 Å². The molecule has 0 saturated heterocycles. The third-order valence-corrected chi connectivity index (χ3v) is 3.09. The molecule has 0 aliphatic rings. The molecular formula is C15H24N2O3. The molecule has 0 bridgehead atoms. The van der Waals surface area contributed by atoms with Crippen LogP contribution in [-0.2, 0) is 6.54 Å². The smallest absolute Gasteiger partial charge is 0.339 e. The van der Waals surface area contributed by atoms with Crippen molar-refractivity contribution in [3.8, 4) is 5.75 Å². The largest absolute Gasteiger partial charge is 0.496 e. The van der Waals surface area contributed by atoms with Crippen LogP contribution in [0.15, 0.2) is 18.2 Å². The fourth-order valence-electron chi connectivity index (χ4n) is 2.06. The predicted molar refractivity (Wildman–Crippen MR) is 79.5 cm³/mol. The van der Waals surface area contributed by atoms with E-state index in [0.29, 0.717) is 5.75 Å². The number of carboxylic acid groups (broad SMARTS) is 1. The average molecular weight is 280 g/mol. The van der Waals surface area contributed by atoms with Gasteiger partial charge in [0.05, 0.1) is 7.11 Å². The Morgan fingerprint density at radius 3 is 2.50 bits per heavy atom. The van der Waals surface area contributed by atoms with Crippen LogP contribution in [0.25, 0.3) is 0 Å². The molecule has 0 aromatic heterocycles. The van der Waals surface area contributed by atoms with Crippen LogP contribution in [0.1, 0.15) is 22.3 Å². The number of rotatable bonds is 8. The van der Waals surface area contributed by atoms with Gasteiger partial charge in [-0.3, -0.25) is 0 Å². The Morgan fingerprint density at radius 2 is 1.95 bits per heavy atom. The summed E-state index contributed by atoms with van der Waals surface area (Å²) < 4.78 is 5.14. The van der Waals surface area contributed by atoms with E-state index in [1.54, 1.807) is 12.1 Å². The molecule has 1 N–H and O–H groups in total. The van der Waals surface area contributed by atoms with E-state index in [1.807, 2.05) is 6.07 Å². The van der Waals surface area contributed by atoms with E-state index in [9.17, 15) is 4.79 Å². The van der Waals surface area contributed by atoms with Crippen LogP contribution in [0.4, 0.5) is 0 Å². The van der Waals surface area contributed by atoms with Crippen molar-refractivity contribution in [2.75, 3.05) is 41.3 Å². The molecule has 0 radical (unpaired) electrons. The van der Waals surface area contributed by atoms with Crippen molar-refractivity contribution in [1.29, 1.82) is 0 Å². The highest BCUT2D eigenvalue weighted by Crippen LogP contribution is 2.21. The first-order valence-electron chi connectivity index (χ1n) is 6.67. The van der Waals surface area contributed by atoms with Gasteiger partial charge in [-0.15, -0.1) is 0 Å². The van der Waals surface area contributed by atoms with Crippen molar-refractivity contribution in [3.63, 3.8) is 0 Å². The van der Waals surface area contributed by atoms with Gasteiger partial charge >= 0.3 is 5.97 Å². The van der Waals surface area contributed by atoms with E-state index in [-0.39, 0.29) is 5.56 Å². The fourth-order valence-corrected chi connectivity index (χ4v) is 2.06. The molecule has 0 unspecified atom stereocenters. The summed E-state index contributed by atoms with van der Waals surface area (Å²) in [6.45, 7) is 2.84. The summed E-state index contributed by atoms with van der Waals surface area (Å²) in [4.78, 5) is 15.4. The lowest BCUT2D eigenvalue weighted by Gasteiger charge is -2.18. The van der Waals surface area contributed by atoms with E-state index in [4.69, 9.17) is 9.84 Å². The van der Waals surface area contributed by atoms with Crippen LogP contribution in [0, 0.1) is 0 Å². The van der Waals surface area contributed by atoms with Crippen molar-refractivity contribution in [3.05, 3.63) is 29.3 Å². The van der Waals surface area contributed by atoms with Gasteiger partial charge in [-0.2, -0.15) is 0 Å². The molecule has 5 nitrogen and oxygen atoms in total. The maximum absolute atomic E-state index is 11.0. The number of nitrogens with zero attached hydrogens (tertiary/aromatic N) is 2. The number of hydrogen-bond donors (Lipinski definition) is 1. The maximum atomic E-state index is 11.0. The Morgan fingerprint density at radius 1 is 1.25 bits per heavy atom. The highest BCUT2D eigenvalue weighted by Gasteiger charge is 2.11. The molecule has 0 aliphatic carbocycles. The third kappa shape index (κ3) is 5.19. The number of aromatic carboxylic acids is 1. The fraction of sp³-hybridized carbons (Fsp3) is 0.533. The summed E-state index contributed by atoms with van der Waals surface area (Å²) in [5.41, 5.74) is 1.26. The zero-order valence-electron chi connectivity index (χ0n) is 12.7. The van der Waals surface area contributed by atoms with Crippen LogP contribution >= 0.6 is 0 Å². The molecule has 0 fully saturated rings. The van der Waals surface area contributed by atoms with Crippen LogP contribution < -0.4 is 4.74 Å². The highest BCUT2D eigenvalue weighted by molar-refractivity contribution is 5.90. The van der Waals surface area contributed by atoms with Crippen molar-refractivity contribution >= 4 is 5.97 Å². The van der Waals surface area contributed by atoms with Crippen molar-refractivity contribution in [2.45, 2.75) is 13.0 Å². The van der Waals surface area contributed by atoms with E-state index in [1.165, 1.54) is 7.11 Å². The van der Waals surface area contributed by atoms with Crippen LogP contribution in [0.5, 0.6) is 5.75 Å². The zero-order valence-corrected chi connectivity index (χ0v) is 12.7. The van der Waals surface area contributed by atoms with Gasteiger partial charge in [0.1, 0.15) is 11.3 Å². The summed E-state index contributed by atoms with van der Waals surface area (Å²) in [5, 5.41) is 9.04. The van der Waals surface area contributed by atoms with Crippen molar-refractivity contribution < 1.29 is 14.6 Å². The molecule has 0 atom stereocenters. The SMILES string of the molecule is COc1cc(CN(C)CCCN(C)C)ccc1C(=O)O. The second-order valence-corrected chi connectivity index (χ2v) is 5.23. The number of hydrogen-bond acceptors (Lipinski definition) is 4. The molecule has 0 amide bonds. The minimum absolute atomic E-state index is 0.200. The lowest BCUT2D eigenvalue weighted by Crippen LogP contribution is -2.23. The Kier molecular flexibility index (Phi) is 6.48. The second-order valence-electron chi connectivity index (χ2n) is 5.23. The first-order valence-corrected chi connectivity index (χ1v) is 6.67. The van der Waals surface area contributed by atoms with E-state index in [0.717, 1.165) is 31.6 Å². The zero-order chi connectivity index (χ0) is 15.1. The monoisotopic (exact) mass is 280 g/mol. The highest BCUT2D eigenvalue weighted by atomic mass is 16.5. The van der Waals surface area contributed by atoms with Crippen LogP contribution in [0.3, 0.4) is 0 Å². The molecule has 1 rings (SSSR count). The topological polar surface area (TPSA) is 53.0 Å². The van der Waals surface area contributed by atoms with Gasteiger partial charge in [0, 0.05) is 6.54 Å². The normalized spacial score (nSPS) is 11.1. The molecule has 0 spiro atoms. The molecule has 20 heavy (non-hydrogen) atoms. The van der Waals surface area contributed by atoms with Crippen molar-refractivity contribution in [2.24, 2.45) is 0 Å². The molecule has 1 aromatic carbocycles. The minimum Gasteiger partial charge on any atom is -0.496 e. The molecule has 0 saturated carbocycles. The first-order chi connectivity index (χ1) is 9.43. The summed E-state index contributed by atoms with van der Waals surface area (Å²) in [7, 11) is 7.69. The maximum Gasteiger partial charge on any atom is 0.339 e. The van der Waals surface area contributed by atoms with Crippen molar-refractivity contribution in [1.82, 2.24) is 9.80 Å². The Labute approximate surface area is 120 Å². The molecular weight excluding hydrogens is 256 g/mol. The number of ether oxygens (including phenoxy) is 1. The van der Waals surface area contributed by atoms with Crippen LogP contribution in [0.2, 0.25) is 0 Å². The number of benzene rings is 1. The summed E-state index contributed by atoms with van der Waals surface area (Å²) in [6.07, 6.45) is 1.11. The van der Waals surface area contributed by atoms with Crippen LogP contribution in [-0.4, -0.2) is 62.2 Å². The molecule has 0 heterocycles. The number of methoxy groups -OCH3 is 1. The van der Waals surface area contributed by atoms with Gasteiger partial charge in [-0.05, 0) is 58.3 Å². The number of carboxylic acids is 1. The quantitative estimate of drug-likeness (QED) is 0.786. The Hall–Kier alpha value is -1.59. The molecule has 0 aliphatic heterocycles. The lowest BCUT2D eigenvalue weighted by molar-refractivity contribution is 0.0693. The first kappa shape index (κ1) is 16.5. The summed E-state index contributed by atoms with van der Waals surface area (Å²) in [5.74, 6) is -0.551. The minimum atomic E-state index is -0.965. The van der Waals surface area contributed by atoms with E-state index >= 15 is 0 Å². The van der Waals surface area contributed by atoms with E-state index < -0.39 is 5.97 Å². The van der Waals surface area contributed by atoms with Gasteiger partial charge in [0.2, 0.25) is 0 Å². The summed E-state index contributed by atoms with van der Waals surface area (Å²) in [6, 6.07) is 5.24. The Bertz CT molecular complexity index is 447. The van der Waals surface area contributed by atoms with E-state index in [2.05, 4.69) is 30.9 Å². The predicted octanol–water partition coefficient (Wildman–Crippen LogP) is 1.78. The van der Waals surface area contributed by atoms with Gasteiger partial charge in [0.25, 0.3) is 0 Å². The number of carbonyl (C=O) groups is 1. The Balaban J connectivity index is 2.61. The average Bonchev–Trinajstić information content (AvgIpc) is 2.37. The molecule has 1 aromatic rings. The third-order valence-electron chi connectivity index (χ3n) is 3.09. The standard InChI is InChI=1S/C15H24N2O3/c1-16(2)8-5-9-17(3)11-12-6-7-13(15(18)19)14(10-12)20-4/h6-7,10H,5,8-9,11H2,1-4H3,(H,18,19). The second kappa shape index (κ2) is 7.87. The summed E-state index contributed by atoms with van der Waals surface area (Å²) >= 11 is 0. The lowest BCUT2D eigenvalue weighted by atomic mass is 10.1.